The second kappa shape index (κ2) is 4.98. The van der Waals surface area contributed by atoms with E-state index in [-0.39, 0.29) is 0 Å². The zero-order valence-corrected chi connectivity index (χ0v) is 11.3. The normalized spacial score (nSPS) is 11.5. The van der Waals surface area contributed by atoms with Gasteiger partial charge in [-0.15, -0.1) is 0 Å². The van der Waals surface area contributed by atoms with Gasteiger partial charge in [0.25, 0.3) is 0 Å². The summed E-state index contributed by atoms with van der Waals surface area (Å²) in [5.41, 5.74) is 2.99. The fourth-order valence-corrected chi connectivity index (χ4v) is 2.05. The number of rotatable bonds is 4. The van der Waals surface area contributed by atoms with Crippen LogP contribution in [0.3, 0.4) is 0 Å². The van der Waals surface area contributed by atoms with E-state index in [1.54, 1.807) is 0 Å². The molecule has 0 aliphatic heterocycles. The lowest BCUT2D eigenvalue weighted by molar-refractivity contribution is 0.336. The van der Waals surface area contributed by atoms with Gasteiger partial charge in [-0.25, -0.2) is 4.98 Å². The summed E-state index contributed by atoms with van der Waals surface area (Å²) in [6, 6.07) is 4.03. The van der Waals surface area contributed by atoms with Crippen molar-refractivity contribution in [2.45, 2.75) is 20.4 Å². The van der Waals surface area contributed by atoms with Crippen LogP contribution in [0.1, 0.15) is 12.6 Å². The Morgan fingerprint density at radius 3 is 2.94 bits per heavy atom. The van der Waals surface area contributed by atoms with E-state index >= 15 is 0 Å². The molecule has 0 aromatic carbocycles. The molecule has 1 N–H and O–H groups in total. The molecule has 0 unspecified atom stereocenters. The first-order valence-electron chi connectivity index (χ1n) is 5.86. The van der Waals surface area contributed by atoms with E-state index in [1.165, 1.54) is 0 Å². The van der Waals surface area contributed by atoms with Gasteiger partial charge in [-0.05, 0) is 44.9 Å². The second-order valence-corrected chi connectivity index (χ2v) is 4.69. The number of likely N-dealkylation sites (N-methyl/N-ethyl adjacent to an activating group) is 1. The largest absolute Gasteiger partial charge is 0.329 e. The number of aromatic nitrogens is 3. The van der Waals surface area contributed by atoms with Crippen LogP contribution in [0.2, 0.25) is 0 Å². The van der Waals surface area contributed by atoms with E-state index < -0.39 is 0 Å². The Labute approximate surface area is 106 Å². The van der Waals surface area contributed by atoms with Crippen LogP contribution < -0.4 is 0 Å². The molecule has 2 aromatic heterocycles. The van der Waals surface area contributed by atoms with Gasteiger partial charge in [-0.2, -0.15) is 0 Å². The molecule has 0 spiro atoms. The molecule has 0 bridgehead atoms. The van der Waals surface area contributed by atoms with Gasteiger partial charge in [0.05, 0.1) is 5.52 Å². The Balaban J connectivity index is 2.35. The molecule has 5 heteroatoms. The smallest absolute Gasteiger partial charge is 0.179 e. The van der Waals surface area contributed by atoms with Crippen LogP contribution in [0.25, 0.3) is 11.2 Å². The van der Waals surface area contributed by atoms with Crippen molar-refractivity contribution in [3.63, 3.8) is 0 Å². The molecule has 0 saturated heterocycles. The monoisotopic (exact) mass is 250 g/mol. The number of pyridine rings is 1. The average molecular weight is 250 g/mol. The van der Waals surface area contributed by atoms with Crippen LogP contribution in [0.4, 0.5) is 0 Å². The van der Waals surface area contributed by atoms with E-state index in [4.69, 9.17) is 12.2 Å². The van der Waals surface area contributed by atoms with Gasteiger partial charge in [0.15, 0.2) is 10.4 Å². The summed E-state index contributed by atoms with van der Waals surface area (Å²) in [5.74, 6) is 0. The highest BCUT2D eigenvalue weighted by Crippen LogP contribution is 2.12. The van der Waals surface area contributed by atoms with Crippen LogP contribution in [0.5, 0.6) is 0 Å². The minimum Gasteiger partial charge on any atom is -0.329 e. The molecule has 2 heterocycles. The number of nitrogens with zero attached hydrogens (tertiary/aromatic N) is 3. The summed E-state index contributed by atoms with van der Waals surface area (Å²) < 4.78 is 2.83. The van der Waals surface area contributed by atoms with Crippen molar-refractivity contribution in [3.05, 3.63) is 22.6 Å². The summed E-state index contributed by atoms with van der Waals surface area (Å²) in [6.45, 7) is 7.05. The first-order valence-corrected chi connectivity index (χ1v) is 6.27. The summed E-state index contributed by atoms with van der Waals surface area (Å²) in [7, 11) is 2.11. The van der Waals surface area contributed by atoms with E-state index in [0.717, 1.165) is 41.3 Å². The number of aryl methyl sites for hydroxylation is 1. The Morgan fingerprint density at radius 1 is 1.47 bits per heavy atom. The number of imidazole rings is 1. The average Bonchev–Trinajstić information content (AvgIpc) is 2.61. The van der Waals surface area contributed by atoms with Gasteiger partial charge in [-0.3, -0.25) is 0 Å². The Bertz CT molecular complexity index is 569. The molecule has 17 heavy (non-hydrogen) atoms. The van der Waals surface area contributed by atoms with E-state index in [1.807, 2.05) is 19.1 Å². The summed E-state index contributed by atoms with van der Waals surface area (Å²) in [6.07, 6.45) is 0. The summed E-state index contributed by atoms with van der Waals surface area (Å²) >= 11 is 5.33. The summed E-state index contributed by atoms with van der Waals surface area (Å²) in [4.78, 5) is 10.00. The van der Waals surface area contributed by atoms with Gasteiger partial charge < -0.3 is 14.5 Å². The van der Waals surface area contributed by atoms with E-state index in [0.29, 0.717) is 0 Å². The zero-order valence-electron chi connectivity index (χ0n) is 10.5. The third-order valence-corrected chi connectivity index (χ3v) is 3.32. The topological polar surface area (TPSA) is 36.9 Å². The number of hydrogen-bond donors (Lipinski definition) is 1. The Morgan fingerprint density at radius 2 is 2.24 bits per heavy atom. The van der Waals surface area contributed by atoms with Crippen molar-refractivity contribution in [1.29, 1.82) is 0 Å². The lowest BCUT2D eigenvalue weighted by atomic mass is 10.3. The molecule has 2 aromatic rings. The number of aromatic amines is 1. The van der Waals surface area contributed by atoms with Crippen molar-refractivity contribution in [3.8, 4) is 0 Å². The highest BCUT2D eigenvalue weighted by Gasteiger charge is 2.06. The third kappa shape index (κ3) is 2.56. The van der Waals surface area contributed by atoms with Crippen molar-refractivity contribution in [2.24, 2.45) is 0 Å². The third-order valence-electron chi connectivity index (χ3n) is 3.00. The quantitative estimate of drug-likeness (QED) is 0.846. The fraction of sp³-hybridized carbons (Fsp3) is 0.500. The van der Waals surface area contributed by atoms with Crippen LogP contribution >= 0.6 is 12.2 Å². The summed E-state index contributed by atoms with van der Waals surface area (Å²) in [5, 5.41) is 0. The molecule has 0 aliphatic carbocycles. The standard InChI is InChI=1S/C12H18N4S/c1-4-15(3)7-8-16-11-10(14-12(16)17)6-5-9(2)13-11/h5-6H,4,7-8H2,1-3H3,(H,14,17). The molecule has 0 saturated carbocycles. The van der Waals surface area contributed by atoms with Gasteiger partial charge in [-0.1, -0.05) is 6.92 Å². The maximum Gasteiger partial charge on any atom is 0.179 e. The van der Waals surface area contributed by atoms with Gasteiger partial charge in [0.2, 0.25) is 0 Å². The lowest BCUT2D eigenvalue weighted by Gasteiger charge is -2.14. The minimum absolute atomic E-state index is 0.752. The molecule has 0 fully saturated rings. The number of fused-ring (bicyclic) bond motifs is 1. The maximum absolute atomic E-state index is 5.33. The highest BCUT2D eigenvalue weighted by molar-refractivity contribution is 7.71. The predicted molar refractivity (Wildman–Crippen MR) is 72.8 cm³/mol. The van der Waals surface area contributed by atoms with Gasteiger partial charge >= 0.3 is 0 Å². The van der Waals surface area contributed by atoms with Gasteiger partial charge in [0.1, 0.15) is 0 Å². The predicted octanol–water partition coefficient (Wildman–Crippen LogP) is 2.35. The molecular formula is C12H18N4S. The molecule has 2 rings (SSSR count). The number of nitrogens with one attached hydrogen (secondary N) is 1. The molecule has 0 aliphatic rings. The van der Waals surface area contributed by atoms with Gasteiger partial charge in [0, 0.05) is 18.8 Å². The van der Waals surface area contributed by atoms with Crippen LogP contribution in [-0.2, 0) is 6.54 Å². The Hall–Kier alpha value is -1.20. The van der Waals surface area contributed by atoms with Crippen LogP contribution in [0, 0.1) is 11.7 Å². The molecule has 0 amide bonds. The zero-order chi connectivity index (χ0) is 12.4. The first kappa shape index (κ1) is 12.3. The molecular weight excluding hydrogens is 232 g/mol. The van der Waals surface area contributed by atoms with Crippen LogP contribution in [-0.4, -0.2) is 39.6 Å². The van der Waals surface area contributed by atoms with Crippen molar-refractivity contribution >= 4 is 23.4 Å². The maximum atomic E-state index is 5.33. The van der Waals surface area contributed by atoms with E-state index in [2.05, 4.69) is 33.4 Å². The Kier molecular flexibility index (Phi) is 3.59. The SMILES string of the molecule is CCN(C)CCn1c(=S)[nH]c2ccc(C)nc21. The fourth-order valence-electron chi connectivity index (χ4n) is 1.76. The molecule has 92 valence electrons. The van der Waals surface area contributed by atoms with E-state index in [9.17, 15) is 0 Å². The lowest BCUT2D eigenvalue weighted by Crippen LogP contribution is -2.22. The first-order chi connectivity index (χ1) is 8.11. The molecule has 4 nitrogen and oxygen atoms in total. The number of hydrogen-bond acceptors (Lipinski definition) is 3. The molecule has 0 atom stereocenters. The highest BCUT2D eigenvalue weighted by atomic mass is 32.1. The van der Waals surface area contributed by atoms with Crippen molar-refractivity contribution in [2.75, 3.05) is 20.1 Å². The molecule has 0 radical (unpaired) electrons. The van der Waals surface area contributed by atoms with Crippen molar-refractivity contribution in [1.82, 2.24) is 19.4 Å². The van der Waals surface area contributed by atoms with Crippen LogP contribution in [0.15, 0.2) is 12.1 Å². The second-order valence-electron chi connectivity index (χ2n) is 4.30. The minimum atomic E-state index is 0.752. The van der Waals surface area contributed by atoms with Crippen molar-refractivity contribution < 1.29 is 0 Å². The number of H-pyrrole nitrogens is 1.